The minimum absolute atomic E-state index is 0.229. The Bertz CT molecular complexity index is 938. The van der Waals surface area contributed by atoms with Gasteiger partial charge in [-0.25, -0.2) is 12.8 Å². The van der Waals surface area contributed by atoms with Crippen LogP contribution in [0.5, 0.6) is 0 Å². The summed E-state index contributed by atoms with van der Waals surface area (Å²) in [5.74, 6) is -0.395. The average Bonchev–Trinajstić information content (AvgIpc) is 2.95. The van der Waals surface area contributed by atoms with Crippen molar-refractivity contribution in [2.75, 3.05) is 23.7 Å². The van der Waals surface area contributed by atoms with Gasteiger partial charge in [0.25, 0.3) is 0 Å². The zero-order chi connectivity index (χ0) is 20.1. The minimum Gasteiger partial charge on any atom is -0.332 e. The van der Waals surface area contributed by atoms with Gasteiger partial charge in [-0.15, -0.1) is 0 Å². The van der Waals surface area contributed by atoms with E-state index in [4.69, 9.17) is 12.2 Å². The van der Waals surface area contributed by atoms with Crippen molar-refractivity contribution in [3.63, 3.8) is 0 Å². The largest absolute Gasteiger partial charge is 0.332 e. The molecule has 0 atom stereocenters. The topological polar surface area (TPSA) is 61.4 Å². The maximum atomic E-state index is 13.8. The second-order valence-electron chi connectivity index (χ2n) is 6.91. The van der Waals surface area contributed by atoms with Crippen molar-refractivity contribution in [3.05, 3.63) is 53.8 Å². The summed E-state index contributed by atoms with van der Waals surface area (Å²) in [6, 6.07) is 11.2. The molecule has 3 rings (SSSR count). The number of nitrogens with one attached hydrogen (secondary N) is 2. The molecule has 0 bridgehead atoms. The summed E-state index contributed by atoms with van der Waals surface area (Å²) in [5, 5.41) is 6.00. The summed E-state index contributed by atoms with van der Waals surface area (Å²) in [6.07, 6.45) is 3.93. The van der Waals surface area contributed by atoms with Gasteiger partial charge in [-0.2, -0.15) is 4.31 Å². The van der Waals surface area contributed by atoms with Crippen molar-refractivity contribution in [1.29, 1.82) is 0 Å². The molecule has 1 heterocycles. The molecule has 28 heavy (non-hydrogen) atoms. The van der Waals surface area contributed by atoms with Crippen LogP contribution in [0.15, 0.2) is 47.4 Å². The summed E-state index contributed by atoms with van der Waals surface area (Å²) in [4.78, 5) is 0.267. The summed E-state index contributed by atoms with van der Waals surface area (Å²) < 4.78 is 41.0. The number of hydrogen-bond donors (Lipinski definition) is 2. The van der Waals surface area contributed by atoms with E-state index in [1.807, 2.05) is 6.92 Å². The molecule has 0 radical (unpaired) electrons. The van der Waals surface area contributed by atoms with Crippen molar-refractivity contribution in [2.45, 2.75) is 37.5 Å². The van der Waals surface area contributed by atoms with Crippen LogP contribution in [0.25, 0.3) is 0 Å². The highest BCUT2D eigenvalue weighted by Crippen LogP contribution is 2.22. The smallest absolute Gasteiger partial charge is 0.243 e. The lowest BCUT2D eigenvalue weighted by Crippen LogP contribution is -2.31. The van der Waals surface area contributed by atoms with E-state index >= 15 is 0 Å². The standard InChI is InChI=1S/C20H24FN3O2S2/c1-15-6-11-18(21)19(14-15)23-20(27)22-16-7-9-17(10-8-16)28(25,26)24-12-4-2-3-5-13-24/h6-11,14H,2-5,12-13H2,1H3,(H2,22,23,27). The normalized spacial score (nSPS) is 15.6. The summed E-state index contributed by atoms with van der Waals surface area (Å²) in [7, 11) is -3.48. The number of hydrogen-bond acceptors (Lipinski definition) is 3. The second kappa shape index (κ2) is 8.98. The van der Waals surface area contributed by atoms with Crippen LogP contribution in [0.3, 0.4) is 0 Å². The fourth-order valence-corrected chi connectivity index (χ4v) is 4.91. The third kappa shape index (κ3) is 5.06. The van der Waals surface area contributed by atoms with Crippen molar-refractivity contribution < 1.29 is 12.8 Å². The van der Waals surface area contributed by atoms with Crippen LogP contribution in [-0.2, 0) is 10.0 Å². The van der Waals surface area contributed by atoms with Crippen molar-refractivity contribution >= 4 is 38.7 Å². The Labute approximate surface area is 171 Å². The number of rotatable bonds is 4. The van der Waals surface area contributed by atoms with Crippen LogP contribution in [0.1, 0.15) is 31.2 Å². The first-order valence-electron chi connectivity index (χ1n) is 9.30. The van der Waals surface area contributed by atoms with E-state index in [9.17, 15) is 12.8 Å². The van der Waals surface area contributed by atoms with Crippen molar-refractivity contribution in [2.24, 2.45) is 0 Å². The molecular formula is C20H24FN3O2S2. The lowest BCUT2D eigenvalue weighted by atomic mass is 10.2. The van der Waals surface area contributed by atoms with Gasteiger partial charge < -0.3 is 10.6 Å². The summed E-state index contributed by atoms with van der Waals surface area (Å²) in [5.41, 5.74) is 1.83. The number of aryl methyl sites for hydroxylation is 1. The van der Waals surface area contributed by atoms with Gasteiger partial charge in [-0.1, -0.05) is 18.9 Å². The molecule has 150 valence electrons. The molecule has 1 saturated heterocycles. The number of sulfonamides is 1. The monoisotopic (exact) mass is 421 g/mol. The molecule has 0 amide bonds. The first-order valence-corrected chi connectivity index (χ1v) is 11.2. The Hall–Kier alpha value is -2.03. The molecule has 0 aromatic heterocycles. The number of benzene rings is 2. The second-order valence-corrected chi connectivity index (χ2v) is 9.25. The SMILES string of the molecule is Cc1ccc(F)c(NC(=S)Nc2ccc(S(=O)(=O)N3CCCCCC3)cc2)c1. The van der Waals surface area contributed by atoms with Gasteiger partial charge in [0.15, 0.2) is 5.11 Å². The predicted molar refractivity (Wildman–Crippen MR) is 115 cm³/mol. The molecule has 0 saturated carbocycles. The van der Waals surface area contributed by atoms with Crippen molar-refractivity contribution in [3.8, 4) is 0 Å². The fourth-order valence-electron chi connectivity index (χ4n) is 3.16. The molecule has 5 nitrogen and oxygen atoms in total. The Morgan fingerprint density at radius 2 is 1.64 bits per heavy atom. The van der Waals surface area contributed by atoms with E-state index in [0.717, 1.165) is 31.2 Å². The van der Waals surface area contributed by atoms with Gasteiger partial charge in [0, 0.05) is 18.8 Å². The Balaban J connectivity index is 1.66. The van der Waals surface area contributed by atoms with E-state index in [-0.39, 0.29) is 15.7 Å². The van der Waals surface area contributed by atoms with Crippen LogP contribution in [-0.4, -0.2) is 30.9 Å². The van der Waals surface area contributed by atoms with Crippen molar-refractivity contribution in [1.82, 2.24) is 4.31 Å². The highest BCUT2D eigenvalue weighted by Gasteiger charge is 2.24. The zero-order valence-corrected chi connectivity index (χ0v) is 17.4. The molecule has 1 fully saturated rings. The Morgan fingerprint density at radius 1 is 1.00 bits per heavy atom. The van der Waals surface area contributed by atoms with Crippen LogP contribution >= 0.6 is 12.2 Å². The predicted octanol–water partition coefficient (Wildman–Crippen LogP) is 4.51. The van der Waals surface area contributed by atoms with Crippen LogP contribution in [0, 0.1) is 12.7 Å². The average molecular weight is 422 g/mol. The molecule has 2 aromatic carbocycles. The third-order valence-corrected chi connectivity index (χ3v) is 6.80. The molecule has 8 heteroatoms. The maximum absolute atomic E-state index is 13.8. The highest BCUT2D eigenvalue weighted by molar-refractivity contribution is 7.89. The van der Waals surface area contributed by atoms with E-state index in [2.05, 4.69) is 10.6 Å². The molecule has 2 N–H and O–H groups in total. The first-order chi connectivity index (χ1) is 13.4. The number of thiocarbonyl (C=S) groups is 1. The highest BCUT2D eigenvalue weighted by atomic mass is 32.2. The first kappa shape index (κ1) is 20.7. The Kier molecular flexibility index (Phi) is 6.64. The summed E-state index contributed by atoms with van der Waals surface area (Å²) >= 11 is 5.23. The lowest BCUT2D eigenvalue weighted by molar-refractivity contribution is 0.424. The molecule has 1 aliphatic rings. The van der Waals surface area contributed by atoms with E-state index in [1.54, 1.807) is 40.7 Å². The van der Waals surface area contributed by atoms with E-state index in [0.29, 0.717) is 18.8 Å². The molecule has 2 aromatic rings. The fraction of sp³-hybridized carbons (Fsp3) is 0.350. The van der Waals surface area contributed by atoms with Gasteiger partial charge in [0.1, 0.15) is 5.82 Å². The quantitative estimate of drug-likeness (QED) is 0.712. The maximum Gasteiger partial charge on any atom is 0.243 e. The van der Waals surface area contributed by atoms with Crippen LogP contribution in [0.2, 0.25) is 0 Å². The lowest BCUT2D eigenvalue weighted by Gasteiger charge is -2.20. The third-order valence-electron chi connectivity index (χ3n) is 4.69. The number of anilines is 2. The molecule has 0 spiro atoms. The van der Waals surface area contributed by atoms with Gasteiger partial charge in [-0.05, 0) is 73.9 Å². The van der Waals surface area contributed by atoms with E-state index < -0.39 is 15.8 Å². The zero-order valence-electron chi connectivity index (χ0n) is 15.7. The van der Waals surface area contributed by atoms with Gasteiger partial charge in [-0.3, -0.25) is 0 Å². The number of nitrogens with zero attached hydrogens (tertiary/aromatic N) is 1. The number of halogens is 1. The van der Waals surface area contributed by atoms with Crippen LogP contribution < -0.4 is 10.6 Å². The summed E-state index contributed by atoms with van der Waals surface area (Å²) in [6.45, 7) is 3.00. The van der Waals surface area contributed by atoms with E-state index in [1.165, 1.54) is 6.07 Å². The van der Waals surface area contributed by atoms with Gasteiger partial charge in [0.2, 0.25) is 10.0 Å². The molecule has 0 aliphatic carbocycles. The van der Waals surface area contributed by atoms with Gasteiger partial charge >= 0.3 is 0 Å². The minimum atomic E-state index is -3.48. The van der Waals surface area contributed by atoms with Gasteiger partial charge in [0.05, 0.1) is 10.6 Å². The molecular weight excluding hydrogens is 397 g/mol. The molecule has 1 aliphatic heterocycles. The Morgan fingerprint density at radius 3 is 2.29 bits per heavy atom. The molecule has 0 unspecified atom stereocenters. The van der Waals surface area contributed by atoms with Crippen LogP contribution in [0.4, 0.5) is 15.8 Å².